The topological polar surface area (TPSA) is 36.9 Å². The molecule has 1 aliphatic rings. The average molecular weight is 409 g/mol. The van der Waals surface area contributed by atoms with E-state index < -0.39 is 18.3 Å². The molecule has 0 aromatic heterocycles. The van der Waals surface area contributed by atoms with E-state index in [2.05, 4.69) is 0 Å². The second-order valence-electron chi connectivity index (χ2n) is 7.54. The summed E-state index contributed by atoms with van der Waals surface area (Å²) in [6.07, 6.45) is 0. The number of benzene rings is 2. The molecule has 0 spiro atoms. The summed E-state index contributed by atoms with van der Waals surface area (Å²) in [4.78, 5) is 0. The lowest BCUT2D eigenvalue weighted by Crippen LogP contribution is -2.41. The number of halogens is 2. The number of hydrogen-bond donors (Lipinski definition) is 0. The van der Waals surface area contributed by atoms with E-state index in [1.54, 1.807) is 19.2 Å². The molecular weight excluding hydrogens is 386 g/mol. The van der Waals surface area contributed by atoms with Crippen molar-refractivity contribution < 1.29 is 18.8 Å². The van der Waals surface area contributed by atoms with Crippen molar-refractivity contribution in [2.24, 2.45) is 0 Å². The number of rotatable bonds is 5. The summed E-state index contributed by atoms with van der Waals surface area (Å²) >= 11 is 12.0. The minimum absolute atomic E-state index is 0.350. The van der Waals surface area contributed by atoms with Crippen LogP contribution in [-0.4, -0.2) is 25.4 Å². The molecule has 1 aliphatic heterocycles. The maximum absolute atomic E-state index is 6.10. The minimum atomic E-state index is -0.451. The normalized spacial score (nSPS) is 17.8. The van der Waals surface area contributed by atoms with Crippen molar-refractivity contribution in [1.82, 2.24) is 0 Å². The van der Waals surface area contributed by atoms with Gasteiger partial charge in [-0.2, -0.15) is 0 Å². The van der Waals surface area contributed by atoms with Gasteiger partial charge in [-0.05, 0) is 63.0 Å². The molecular formula is C20H23BCl2O4. The molecule has 0 aliphatic carbocycles. The third-order valence-corrected chi connectivity index (χ3v) is 5.83. The van der Waals surface area contributed by atoms with Crippen molar-refractivity contribution in [2.75, 3.05) is 7.11 Å². The summed E-state index contributed by atoms with van der Waals surface area (Å²) in [5, 5.41) is 1.02. The Labute approximate surface area is 170 Å². The third-order valence-electron chi connectivity index (χ3n) is 5.09. The molecule has 0 saturated carbocycles. The van der Waals surface area contributed by atoms with Crippen LogP contribution in [0.15, 0.2) is 36.4 Å². The second kappa shape index (κ2) is 7.55. The van der Waals surface area contributed by atoms with Crippen LogP contribution in [-0.2, 0) is 15.9 Å². The Morgan fingerprint density at radius 3 is 2.15 bits per heavy atom. The molecule has 2 aromatic carbocycles. The lowest BCUT2D eigenvalue weighted by atomic mass is 9.79. The van der Waals surface area contributed by atoms with Gasteiger partial charge in [0, 0.05) is 0 Å². The number of methoxy groups -OCH3 is 1. The molecule has 3 rings (SSSR count). The molecule has 0 radical (unpaired) electrons. The molecule has 144 valence electrons. The van der Waals surface area contributed by atoms with Crippen LogP contribution in [0.4, 0.5) is 0 Å². The SMILES string of the molecule is COc1cc(B2OC(C)(C)C(C)(C)O2)ccc1OCc1ccc(Cl)c(Cl)c1. The Bertz CT molecular complexity index is 823. The van der Waals surface area contributed by atoms with Crippen molar-refractivity contribution in [1.29, 1.82) is 0 Å². The number of hydrogen-bond acceptors (Lipinski definition) is 4. The molecule has 0 amide bonds. The van der Waals surface area contributed by atoms with Crippen molar-refractivity contribution in [2.45, 2.75) is 45.5 Å². The lowest BCUT2D eigenvalue weighted by Gasteiger charge is -2.32. The van der Waals surface area contributed by atoms with Gasteiger partial charge < -0.3 is 18.8 Å². The Morgan fingerprint density at radius 2 is 1.56 bits per heavy atom. The third kappa shape index (κ3) is 4.22. The van der Waals surface area contributed by atoms with Crippen molar-refractivity contribution in [3.05, 3.63) is 52.0 Å². The highest BCUT2D eigenvalue weighted by Gasteiger charge is 2.51. The molecule has 0 bridgehead atoms. The summed E-state index contributed by atoms with van der Waals surface area (Å²) in [6, 6.07) is 11.1. The molecule has 4 nitrogen and oxygen atoms in total. The largest absolute Gasteiger partial charge is 0.494 e. The molecule has 2 aromatic rings. The van der Waals surface area contributed by atoms with Crippen LogP contribution in [0, 0.1) is 0 Å². The summed E-state index contributed by atoms with van der Waals surface area (Å²) in [5.74, 6) is 1.24. The first-order valence-electron chi connectivity index (χ1n) is 8.73. The summed E-state index contributed by atoms with van der Waals surface area (Å²) in [6.45, 7) is 8.46. The van der Waals surface area contributed by atoms with Gasteiger partial charge in [0.05, 0.1) is 28.4 Å². The Hall–Kier alpha value is -1.40. The van der Waals surface area contributed by atoms with E-state index in [0.717, 1.165) is 11.0 Å². The first-order valence-corrected chi connectivity index (χ1v) is 9.49. The zero-order valence-electron chi connectivity index (χ0n) is 16.1. The quantitative estimate of drug-likeness (QED) is 0.660. The maximum Gasteiger partial charge on any atom is 0.494 e. The Kier molecular flexibility index (Phi) is 5.69. The predicted molar refractivity (Wildman–Crippen MR) is 110 cm³/mol. The highest BCUT2D eigenvalue weighted by Crippen LogP contribution is 2.37. The van der Waals surface area contributed by atoms with E-state index in [-0.39, 0.29) is 0 Å². The van der Waals surface area contributed by atoms with Gasteiger partial charge in [0.1, 0.15) is 6.61 Å². The van der Waals surface area contributed by atoms with E-state index in [9.17, 15) is 0 Å². The van der Waals surface area contributed by atoms with Gasteiger partial charge in [-0.3, -0.25) is 0 Å². The average Bonchev–Trinajstić information content (AvgIpc) is 2.83. The smallest absolute Gasteiger partial charge is 0.493 e. The first-order chi connectivity index (χ1) is 12.6. The molecule has 1 fully saturated rings. The summed E-state index contributed by atoms with van der Waals surface area (Å²) in [7, 11) is 1.16. The van der Waals surface area contributed by atoms with E-state index in [4.69, 9.17) is 42.0 Å². The molecule has 1 saturated heterocycles. The highest BCUT2D eigenvalue weighted by molar-refractivity contribution is 6.62. The van der Waals surface area contributed by atoms with Gasteiger partial charge in [-0.25, -0.2) is 0 Å². The number of ether oxygens (including phenoxy) is 2. The van der Waals surface area contributed by atoms with Gasteiger partial charge in [-0.1, -0.05) is 35.3 Å². The van der Waals surface area contributed by atoms with E-state index >= 15 is 0 Å². The molecule has 1 heterocycles. The highest BCUT2D eigenvalue weighted by atomic mass is 35.5. The summed E-state index contributed by atoms with van der Waals surface area (Å²) < 4.78 is 23.6. The van der Waals surface area contributed by atoms with Gasteiger partial charge in [0.15, 0.2) is 11.5 Å². The van der Waals surface area contributed by atoms with Crippen LogP contribution in [0.3, 0.4) is 0 Å². The fourth-order valence-electron chi connectivity index (χ4n) is 2.72. The van der Waals surface area contributed by atoms with Crippen LogP contribution >= 0.6 is 23.2 Å². The van der Waals surface area contributed by atoms with Crippen molar-refractivity contribution >= 4 is 35.8 Å². The van der Waals surface area contributed by atoms with Crippen molar-refractivity contribution in [3.63, 3.8) is 0 Å². The van der Waals surface area contributed by atoms with E-state index in [0.29, 0.717) is 28.2 Å². The maximum atomic E-state index is 6.10. The van der Waals surface area contributed by atoms with Gasteiger partial charge in [-0.15, -0.1) is 0 Å². The first kappa shape index (κ1) is 20.3. The van der Waals surface area contributed by atoms with Gasteiger partial charge in [0.2, 0.25) is 0 Å². The fourth-order valence-corrected chi connectivity index (χ4v) is 3.04. The molecule has 27 heavy (non-hydrogen) atoms. The standard InChI is InChI=1S/C20H23BCl2O4/c1-19(2)20(3,4)27-21(26-19)14-7-9-17(18(11-14)24-5)25-12-13-6-8-15(22)16(23)10-13/h6-11H,12H2,1-5H3. The van der Waals surface area contributed by atoms with Crippen LogP contribution < -0.4 is 14.9 Å². The van der Waals surface area contributed by atoms with Crippen LogP contribution in [0.5, 0.6) is 11.5 Å². The van der Waals surface area contributed by atoms with Crippen LogP contribution in [0.1, 0.15) is 33.3 Å². The molecule has 0 N–H and O–H groups in total. The predicted octanol–water partition coefficient (Wildman–Crippen LogP) is 4.88. The molecule has 0 unspecified atom stereocenters. The Morgan fingerprint density at radius 1 is 0.889 bits per heavy atom. The monoisotopic (exact) mass is 408 g/mol. The lowest BCUT2D eigenvalue weighted by molar-refractivity contribution is 0.00578. The van der Waals surface area contributed by atoms with E-state index in [1.807, 2.05) is 52.0 Å². The van der Waals surface area contributed by atoms with Gasteiger partial charge >= 0.3 is 7.12 Å². The second-order valence-corrected chi connectivity index (χ2v) is 8.35. The van der Waals surface area contributed by atoms with Crippen LogP contribution in [0.2, 0.25) is 10.0 Å². The van der Waals surface area contributed by atoms with E-state index in [1.165, 1.54) is 0 Å². The Balaban J connectivity index is 1.76. The minimum Gasteiger partial charge on any atom is -0.493 e. The zero-order chi connectivity index (χ0) is 19.8. The summed E-state index contributed by atoms with van der Waals surface area (Å²) in [5.41, 5.74) is 1.01. The molecule has 0 atom stereocenters. The molecule has 7 heteroatoms. The van der Waals surface area contributed by atoms with Crippen molar-refractivity contribution in [3.8, 4) is 11.5 Å². The zero-order valence-corrected chi connectivity index (χ0v) is 17.6. The van der Waals surface area contributed by atoms with Crippen LogP contribution in [0.25, 0.3) is 0 Å². The fraction of sp³-hybridized carbons (Fsp3) is 0.400. The van der Waals surface area contributed by atoms with Gasteiger partial charge in [0.25, 0.3) is 0 Å².